The van der Waals surface area contributed by atoms with Crippen molar-refractivity contribution < 1.29 is 4.74 Å². The maximum absolute atomic E-state index is 5.95. The summed E-state index contributed by atoms with van der Waals surface area (Å²) in [6, 6.07) is 14.1. The summed E-state index contributed by atoms with van der Waals surface area (Å²) in [5.74, 6) is 0. The van der Waals surface area contributed by atoms with E-state index < -0.39 is 8.07 Å². The van der Waals surface area contributed by atoms with Crippen LogP contribution < -0.4 is 0 Å². The Hall–Kier alpha value is -1.58. The molecule has 0 saturated carbocycles. The Labute approximate surface area is 147 Å². The van der Waals surface area contributed by atoms with Gasteiger partial charge in [-0.3, -0.25) is 0 Å². The molecule has 0 unspecified atom stereocenters. The fourth-order valence-corrected chi connectivity index (χ4v) is 3.98. The molecule has 1 heterocycles. The molecule has 0 radical (unpaired) electrons. The summed E-state index contributed by atoms with van der Waals surface area (Å²) >= 11 is 0. The second kappa shape index (κ2) is 7.54. The lowest BCUT2D eigenvalue weighted by Crippen LogP contribution is -2.22. The second-order valence-corrected chi connectivity index (χ2v) is 13.5. The summed E-state index contributed by atoms with van der Waals surface area (Å²) in [5, 5.41) is 0. The highest BCUT2D eigenvalue weighted by Crippen LogP contribution is 2.33. The summed E-state index contributed by atoms with van der Waals surface area (Å²) in [4.78, 5) is 0. The highest BCUT2D eigenvalue weighted by Gasteiger charge is 2.18. The van der Waals surface area contributed by atoms with Crippen molar-refractivity contribution in [1.82, 2.24) is 4.57 Å². The minimum atomic E-state index is -1.01. The first kappa shape index (κ1) is 17.2. The van der Waals surface area contributed by atoms with Crippen LogP contribution in [0.1, 0.15) is 29.7 Å². The molecule has 1 aromatic heterocycles. The number of allylic oxidation sites excluding steroid dienone is 1. The zero-order valence-electron chi connectivity index (χ0n) is 15.2. The van der Waals surface area contributed by atoms with E-state index in [0.29, 0.717) is 6.73 Å². The van der Waals surface area contributed by atoms with Crippen LogP contribution in [0.2, 0.25) is 25.7 Å². The smallest absolute Gasteiger partial charge is 0.122 e. The molecule has 2 nitrogen and oxygen atoms in total. The topological polar surface area (TPSA) is 14.2 Å². The van der Waals surface area contributed by atoms with Crippen molar-refractivity contribution in [2.24, 2.45) is 0 Å². The van der Waals surface area contributed by atoms with Crippen molar-refractivity contribution in [3.8, 4) is 0 Å². The Bertz CT molecular complexity index is 694. The van der Waals surface area contributed by atoms with E-state index in [1.165, 1.54) is 41.3 Å². The highest BCUT2D eigenvalue weighted by molar-refractivity contribution is 6.76. The summed E-state index contributed by atoms with van der Waals surface area (Å²) in [7, 11) is -1.01. The summed E-state index contributed by atoms with van der Waals surface area (Å²) in [5.41, 5.74) is 5.61. The van der Waals surface area contributed by atoms with E-state index >= 15 is 0 Å². The number of hydrogen-bond donors (Lipinski definition) is 0. The van der Waals surface area contributed by atoms with Gasteiger partial charge >= 0.3 is 0 Å². The fourth-order valence-electron chi connectivity index (χ4n) is 3.22. The molecule has 0 atom stereocenters. The first-order valence-corrected chi connectivity index (χ1v) is 12.8. The van der Waals surface area contributed by atoms with Gasteiger partial charge in [-0.1, -0.05) is 56.0 Å². The van der Waals surface area contributed by atoms with Crippen LogP contribution in [0.3, 0.4) is 0 Å². The maximum Gasteiger partial charge on any atom is 0.122 e. The van der Waals surface area contributed by atoms with E-state index in [2.05, 4.69) is 72.9 Å². The molecule has 0 saturated heterocycles. The van der Waals surface area contributed by atoms with Gasteiger partial charge in [0, 0.05) is 26.6 Å². The molecule has 3 rings (SSSR count). The minimum absolute atomic E-state index is 0.693. The van der Waals surface area contributed by atoms with E-state index in [-0.39, 0.29) is 0 Å². The van der Waals surface area contributed by atoms with E-state index in [9.17, 15) is 0 Å². The molecule has 0 spiro atoms. The van der Waals surface area contributed by atoms with Crippen LogP contribution in [0, 0.1) is 0 Å². The van der Waals surface area contributed by atoms with Gasteiger partial charge in [0.1, 0.15) is 6.73 Å². The molecular weight excluding hydrogens is 310 g/mol. The van der Waals surface area contributed by atoms with Crippen LogP contribution in [0.25, 0.3) is 11.6 Å². The van der Waals surface area contributed by atoms with Gasteiger partial charge in [-0.2, -0.15) is 0 Å². The van der Waals surface area contributed by atoms with Crippen LogP contribution in [0.5, 0.6) is 0 Å². The van der Waals surface area contributed by atoms with Crippen LogP contribution in [-0.4, -0.2) is 19.2 Å². The quantitative estimate of drug-likeness (QED) is 0.488. The Kier molecular flexibility index (Phi) is 5.42. The van der Waals surface area contributed by atoms with Crippen molar-refractivity contribution in [2.75, 3.05) is 6.61 Å². The number of hydrogen-bond acceptors (Lipinski definition) is 1. The number of benzene rings is 1. The first-order valence-electron chi connectivity index (χ1n) is 9.05. The molecule has 0 aliphatic heterocycles. The lowest BCUT2D eigenvalue weighted by molar-refractivity contribution is 0.0855. The van der Waals surface area contributed by atoms with Crippen LogP contribution in [0.15, 0.2) is 42.6 Å². The molecule has 24 heavy (non-hydrogen) atoms. The van der Waals surface area contributed by atoms with Crippen LogP contribution in [0.4, 0.5) is 0 Å². The van der Waals surface area contributed by atoms with Gasteiger partial charge in [0.15, 0.2) is 0 Å². The fraction of sp³-hybridized carbons (Fsp3) is 0.429. The average molecular weight is 340 g/mol. The normalized spacial score (nSPS) is 16.4. The van der Waals surface area contributed by atoms with E-state index in [0.717, 1.165) is 13.0 Å². The van der Waals surface area contributed by atoms with Gasteiger partial charge in [0.25, 0.3) is 0 Å². The predicted octanol–water partition coefficient (Wildman–Crippen LogP) is 5.68. The zero-order chi connectivity index (χ0) is 17.0. The summed E-state index contributed by atoms with van der Waals surface area (Å²) in [6.07, 6.45) is 8.09. The van der Waals surface area contributed by atoms with Gasteiger partial charge in [-0.25, -0.2) is 0 Å². The third kappa shape index (κ3) is 4.49. The lowest BCUT2D eigenvalue weighted by atomic mass is 9.91. The van der Waals surface area contributed by atoms with Crippen molar-refractivity contribution in [3.05, 3.63) is 59.4 Å². The monoisotopic (exact) mass is 339 g/mol. The number of rotatable bonds is 6. The molecule has 128 valence electrons. The SMILES string of the molecule is C[Si](C)(C)CCOCn1ccc2c1CCCC2=Cc1ccccc1. The molecule has 0 fully saturated rings. The Morgan fingerprint density at radius 2 is 1.88 bits per heavy atom. The molecule has 0 bridgehead atoms. The van der Waals surface area contributed by atoms with Crippen molar-refractivity contribution in [1.29, 1.82) is 0 Å². The zero-order valence-corrected chi connectivity index (χ0v) is 16.2. The molecule has 0 amide bonds. The van der Waals surface area contributed by atoms with Gasteiger partial charge in [-0.05, 0) is 48.1 Å². The van der Waals surface area contributed by atoms with E-state index in [4.69, 9.17) is 4.74 Å². The predicted molar refractivity (Wildman–Crippen MR) is 106 cm³/mol. The summed E-state index contributed by atoms with van der Waals surface area (Å²) in [6.45, 7) is 8.77. The number of aromatic nitrogens is 1. The van der Waals surface area contributed by atoms with E-state index in [1.807, 2.05) is 0 Å². The number of nitrogens with zero attached hydrogens (tertiary/aromatic N) is 1. The maximum atomic E-state index is 5.95. The minimum Gasteiger partial charge on any atom is -0.361 e. The van der Waals surface area contributed by atoms with Gasteiger partial charge < -0.3 is 9.30 Å². The first-order chi connectivity index (χ1) is 11.5. The molecular formula is C21H29NOSi. The Morgan fingerprint density at radius 1 is 1.08 bits per heavy atom. The largest absolute Gasteiger partial charge is 0.361 e. The highest BCUT2D eigenvalue weighted by atomic mass is 28.3. The standard InChI is InChI=1S/C21H29NOSi/c1-24(2,3)15-14-23-17-22-13-12-20-19(10-7-11-21(20)22)16-18-8-5-4-6-9-18/h4-6,8-9,12-13,16H,7,10-11,14-15,17H2,1-3H3. The van der Waals surface area contributed by atoms with E-state index in [1.54, 1.807) is 0 Å². The average Bonchev–Trinajstić information content (AvgIpc) is 2.96. The second-order valence-electron chi connectivity index (χ2n) is 7.93. The van der Waals surface area contributed by atoms with Crippen LogP contribution >= 0.6 is 0 Å². The molecule has 0 N–H and O–H groups in total. The van der Waals surface area contributed by atoms with Crippen molar-refractivity contribution in [2.45, 2.75) is 51.7 Å². The van der Waals surface area contributed by atoms with Gasteiger partial charge in [-0.15, -0.1) is 0 Å². The Balaban J connectivity index is 1.70. The number of ether oxygens (including phenoxy) is 1. The van der Waals surface area contributed by atoms with Crippen molar-refractivity contribution in [3.63, 3.8) is 0 Å². The number of fused-ring (bicyclic) bond motifs is 1. The lowest BCUT2D eigenvalue weighted by Gasteiger charge is -2.20. The van der Waals surface area contributed by atoms with Crippen molar-refractivity contribution >= 4 is 19.7 Å². The summed E-state index contributed by atoms with van der Waals surface area (Å²) < 4.78 is 8.26. The molecule has 1 aliphatic carbocycles. The molecule has 2 aromatic rings. The van der Waals surface area contributed by atoms with Gasteiger partial charge in [0.05, 0.1) is 0 Å². The third-order valence-electron chi connectivity index (χ3n) is 4.65. The molecule has 1 aromatic carbocycles. The third-order valence-corrected chi connectivity index (χ3v) is 6.36. The molecule has 1 aliphatic rings. The van der Waals surface area contributed by atoms with Crippen LogP contribution in [-0.2, 0) is 17.9 Å². The van der Waals surface area contributed by atoms with Gasteiger partial charge in [0.2, 0.25) is 0 Å². The molecule has 3 heteroatoms. The Morgan fingerprint density at radius 3 is 2.62 bits per heavy atom.